The van der Waals surface area contributed by atoms with Crippen molar-refractivity contribution in [1.29, 1.82) is 0 Å². The average Bonchev–Trinajstić information content (AvgIpc) is 2.71. The number of aromatic nitrogens is 2. The number of carbonyl (C=O) groups excluding carboxylic acids is 1. The summed E-state index contributed by atoms with van der Waals surface area (Å²) in [4.78, 5) is 33.1. The highest BCUT2D eigenvalue weighted by Gasteiger charge is 2.16. The van der Waals surface area contributed by atoms with Gasteiger partial charge in [-0.25, -0.2) is 14.8 Å². The highest BCUT2D eigenvalue weighted by Crippen LogP contribution is 2.17. The molecule has 3 aromatic rings. The number of aliphatic hydroxyl groups is 1. The normalized spacial score (nSPS) is 12.2. The monoisotopic (exact) mass is 397 g/mol. The van der Waals surface area contributed by atoms with E-state index in [4.69, 9.17) is 16.3 Å². The summed E-state index contributed by atoms with van der Waals surface area (Å²) in [6.45, 7) is 1.77. The van der Waals surface area contributed by atoms with Crippen LogP contribution in [0, 0.1) is 0 Å². The molecule has 0 aliphatic rings. The Hall–Kier alpha value is -3.45. The van der Waals surface area contributed by atoms with Crippen molar-refractivity contribution in [3.63, 3.8) is 0 Å². The van der Waals surface area contributed by atoms with E-state index in [1.165, 1.54) is 16.8 Å². The van der Waals surface area contributed by atoms with Gasteiger partial charge >= 0.3 is 5.97 Å². The first-order valence-electron chi connectivity index (χ1n) is 8.38. The summed E-state index contributed by atoms with van der Waals surface area (Å²) in [6, 6.07) is 11.7. The lowest BCUT2D eigenvalue weighted by atomic mass is 10.1. The molecule has 28 heavy (non-hydrogen) atoms. The van der Waals surface area contributed by atoms with Crippen LogP contribution in [0.3, 0.4) is 0 Å². The van der Waals surface area contributed by atoms with Gasteiger partial charge in [-0.1, -0.05) is 41.9 Å². The number of aliphatic hydroxyl groups excluding tert-OH is 1. The van der Waals surface area contributed by atoms with E-state index in [-0.39, 0.29) is 23.6 Å². The lowest BCUT2D eigenvalue weighted by Gasteiger charge is -2.07. The molecule has 0 bridgehead atoms. The van der Waals surface area contributed by atoms with Crippen molar-refractivity contribution in [3.8, 4) is 0 Å². The minimum atomic E-state index is -0.760. The van der Waals surface area contributed by atoms with Crippen molar-refractivity contribution in [1.82, 2.24) is 9.38 Å². The van der Waals surface area contributed by atoms with Gasteiger partial charge in [-0.2, -0.15) is 0 Å². The first-order chi connectivity index (χ1) is 13.5. The molecule has 8 heteroatoms. The number of halogens is 1. The molecule has 2 heterocycles. The fraction of sp³-hybridized carbons (Fsp3) is 0.100. The zero-order valence-electron chi connectivity index (χ0n) is 14.9. The fourth-order valence-corrected chi connectivity index (χ4v) is 2.59. The molecule has 0 saturated heterocycles. The Morgan fingerprint density at radius 3 is 2.75 bits per heavy atom. The van der Waals surface area contributed by atoms with E-state index in [2.05, 4.69) is 9.98 Å². The molecule has 0 unspecified atom stereocenters. The summed E-state index contributed by atoms with van der Waals surface area (Å²) >= 11 is 5.93. The molecule has 3 rings (SSSR count). The zero-order valence-corrected chi connectivity index (χ0v) is 15.6. The van der Waals surface area contributed by atoms with Gasteiger partial charge in [0.15, 0.2) is 0 Å². The Morgan fingerprint density at radius 2 is 2.04 bits per heavy atom. The second-order valence-electron chi connectivity index (χ2n) is 5.63. The molecule has 7 nitrogen and oxygen atoms in total. The maximum absolute atomic E-state index is 12.6. The minimum Gasteiger partial charge on any atom is -0.506 e. The molecule has 0 amide bonds. The van der Waals surface area contributed by atoms with Crippen LogP contribution in [-0.4, -0.2) is 33.3 Å². The van der Waals surface area contributed by atoms with Gasteiger partial charge in [0.1, 0.15) is 22.7 Å². The third kappa shape index (κ3) is 4.10. The molecular weight excluding hydrogens is 382 g/mol. The van der Waals surface area contributed by atoms with Crippen LogP contribution >= 0.6 is 11.6 Å². The summed E-state index contributed by atoms with van der Waals surface area (Å²) < 4.78 is 6.24. The van der Waals surface area contributed by atoms with E-state index >= 15 is 0 Å². The lowest BCUT2D eigenvalue weighted by Crippen LogP contribution is -2.15. The highest BCUT2D eigenvalue weighted by atomic mass is 35.5. The summed E-state index contributed by atoms with van der Waals surface area (Å²) in [6.07, 6.45) is 3.80. The summed E-state index contributed by atoms with van der Waals surface area (Å²) in [5, 5.41) is 10.9. The SMILES string of the molecule is CCOC(=O)/C(C=Nc1cnc2ccc(Cl)cn2c1=O)=C(/O)c1ccccc1. The Balaban J connectivity index is 2.07. The highest BCUT2D eigenvalue weighted by molar-refractivity contribution is 6.30. The molecule has 0 atom stereocenters. The van der Waals surface area contributed by atoms with Crippen LogP contribution in [0.4, 0.5) is 5.69 Å². The Labute approximate surface area is 165 Å². The molecule has 0 aliphatic carbocycles. The second kappa shape index (κ2) is 8.49. The molecule has 2 aromatic heterocycles. The van der Waals surface area contributed by atoms with Gasteiger partial charge in [0.2, 0.25) is 0 Å². The van der Waals surface area contributed by atoms with Crippen molar-refractivity contribution >= 4 is 40.9 Å². The van der Waals surface area contributed by atoms with Gasteiger partial charge in [-0.15, -0.1) is 0 Å². The number of aliphatic imine (C=N–C) groups is 1. The van der Waals surface area contributed by atoms with E-state index in [9.17, 15) is 14.7 Å². The van der Waals surface area contributed by atoms with E-state index in [1.54, 1.807) is 49.4 Å². The standard InChI is InChI=1S/C20H16ClN3O4/c1-2-28-20(27)15(18(25)13-6-4-3-5-7-13)10-22-16-11-23-17-9-8-14(21)12-24(17)19(16)26/h3-12,25H,2H2,1H3/b18-15+,22-10?. The third-order valence-electron chi connectivity index (χ3n) is 3.78. The number of rotatable bonds is 5. The van der Waals surface area contributed by atoms with E-state index in [1.807, 2.05) is 0 Å². The largest absolute Gasteiger partial charge is 0.506 e. The second-order valence-corrected chi connectivity index (χ2v) is 6.07. The molecule has 142 valence electrons. The van der Waals surface area contributed by atoms with Crippen molar-refractivity contribution in [3.05, 3.63) is 81.4 Å². The number of hydrogen-bond acceptors (Lipinski definition) is 6. The van der Waals surface area contributed by atoms with E-state index < -0.39 is 11.5 Å². The molecule has 0 saturated carbocycles. The van der Waals surface area contributed by atoms with Gasteiger partial charge < -0.3 is 9.84 Å². The summed E-state index contributed by atoms with van der Waals surface area (Å²) in [5.74, 6) is -1.07. The summed E-state index contributed by atoms with van der Waals surface area (Å²) in [7, 11) is 0. The Bertz CT molecular complexity index is 1140. The quantitative estimate of drug-likeness (QED) is 0.307. The topological polar surface area (TPSA) is 93.3 Å². The summed E-state index contributed by atoms with van der Waals surface area (Å²) in [5.41, 5.74) is 0.149. The third-order valence-corrected chi connectivity index (χ3v) is 4.00. The minimum absolute atomic E-state index is 0.0255. The van der Waals surface area contributed by atoms with Gasteiger partial charge in [0.25, 0.3) is 5.56 Å². The van der Waals surface area contributed by atoms with Gasteiger partial charge in [0, 0.05) is 18.0 Å². The number of carbonyl (C=O) groups is 1. The molecule has 0 radical (unpaired) electrons. The van der Waals surface area contributed by atoms with Crippen LogP contribution in [0.5, 0.6) is 0 Å². The van der Waals surface area contributed by atoms with E-state index in [0.717, 1.165) is 6.21 Å². The smallest absolute Gasteiger partial charge is 0.343 e. The van der Waals surface area contributed by atoms with Crippen LogP contribution < -0.4 is 5.56 Å². The van der Waals surface area contributed by atoms with Crippen molar-refractivity contribution in [2.45, 2.75) is 6.92 Å². The molecule has 0 spiro atoms. The maximum atomic E-state index is 12.6. The van der Waals surface area contributed by atoms with Crippen LogP contribution in [0.2, 0.25) is 5.02 Å². The maximum Gasteiger partial charge on any atom is 0.343 e. The molecule has 0 aliphatic heterocycles. The number of fused-ring (bicyclic) bond motifs is 1. The average molecular weight is 398 g/mol. The van der Waals surface area contributed by atoms with Crippen molar-refractivity contribution < 1.29 is 14.6 Å². The lowest BCUT2D eigenvalue weighted by molar-refractivity contribution is -0.137. The molecule has 0 fully saturated rings. The number of ether oxygens (including phenoxy) is 1. The zero-order chi connectivity index (χ0) is 20.1. The van der Waals surface area contributed by atoms with Crippen LogP contribution in [-0.2, 0) is 9.53 Å². The van der Waals surface area contributed by atoms with Crippen molar-refractivity contribution in [2.24, 2.45) is 4.99 Å². The van der Waals surface area contributed by atoms with Crippen molar-refractivity contribution in [2.75, 3.05) is 6.61 Å². The first-order valence-corrected chi connectivity index (χ1v) is 8.76. The Kier molecular flexibility index (Phi) is 5.86. The predicted molar refractivity (Wildman–Crippen MR) is 107 cm³/mol. The molecular formula is C20H16ClN3O4. The van der Waals surface area contributed by atoms with Crippen LogP contribution in [0.25, 0.3) is 11.4 Å². The predicted octanol–water partition coefficient (Wildman–Crippen LogP) is 3.58. The van der Waals surface area contributed by atoms with Gasteiger partial charge in [-0.3, -0.25) is 9.20 Å². The van der Waals surface area contributed by atoms with Crippen LogP contribution in [0.1, 0.15) is 12.5 Å². The number of nitrogens with zero attached hydrogens (tertiary/aromatic N) is 3. The number of esters is 1. The van der Waals surface area contributed by atoms with Gasteiger partial charge in [0.05, 0.1) is 17.8 Å². The van der Waals surface area contributed by atoms with Crippen LogP contribution in [0.15, 0.2) is 70.2 Å². The number of hydrogen-bond donors (Lipinski definition) is 1. The first kappa shape index (κ1) is 19.3. The number of pyridine rings is 1. The number of benzene rings is 1. The molecule has 1 N–H and O–H groups in total. The van der Waals surface area contributed by atoms with Gasteiger partial charge in [-0.05, 0) is 19.1 Å². The fourth-order valence-electron chi connectivity index (χ4n) is 2.43. The van der Waals surface area contributed by atoms with E-state index in [0.29, 0.717) is 16.2 Å². The molecule has 1 aromatic carbocycles. The Morgan fingerprint density at radius 1 is 1.29 bits per heavy atom.